The van der Waals surface area contributed by atoms with Crippen LogP contribution in [0.25, 0.3) is 6.15 Å². The summed E-state index contributed by atoms with van der Waals surface area (Å²) in [6, 6.07) is 0. The first-order valence-corrected chi connectivity index (χ1v) is 1.15. The van der Waals surface area contributed by atoms with Gasteiger partial charge in [0.05, 0.1) is 0 Å². The third-order valence-electron chi connectivity index (χ3n) is 0.167. The maximum absolute atomic E-state index is 3.36. The summed E-state index contributed by atoms with van der Waals surface area (Å²) >= 11 is 0. The third-order valence-corrected chi connectivity index (χ3v) is 0.167. The van der Waals surface area contributed by atoms with E-state index in [1.165, 1.54) is 0 Å². The van der Waals surface area contributed by atoms with Gasteiger partial charge >= 0.3 is 4.28 Å². The predicted molar refractivity (Wildman–Crippen MR) is 27.1 cm³/mol. The molecule has 0 aliphatic carbocycles. The highest BCUT2D eigenvalue weighted by molar-refractivity contribution is 4.88. The quantitative estimate of drug-likeness (QED) is 0.423. The lowest BCUT2D eigenvalue weighted by Crippen LogP contribution is -1.21. The lowest BCUT2D eigenvalue weighted by atomic mass is 10.6. The van der Waals surface area contributed by atoms with Crippen molar-refractivity contribution >= 4 is 0 Å². The first kappa shape index (κ1) is 8.83. The standard InChI is InChI=1S/C4H6.N/c1-3-4-2;/h3-4H,1-2H2;/q;-3/p+3. The fourth-order valence-corrected chi connectivity index (χ4v) is 0. The first-order chi connectivity index (χ1) is 1.91. The van der Waals surface area contributed by atoms with Crippen molar-refractivity contribution in [2.45, 2.75) is 0 Å². The molecule has 0 aromatic rings. The van der Waals surface area contributed by atoms with Gasteiger partial charge in [-0.1, -0.05) is 25.3 Å². The van der Waals surface area contributed by atoms with Crippen LogP contribution in [-0.4, -0.2) is 0 Å². The third kappa shape index (κ3) is 36.8. The highest BCUT2D eigenvalue weighted by Gasteiger charge is 1.29. The molecule has 0 saturated heterocycles. The zero-order valence-corrected chi connectivity index (χ0v) is 3.02. The van der Waals surface area contributed by atoms with E-state index in [2.05, 4.69) is 13.2 Å². The Morgan fingerprint density at radius 2 is 1.40 bits per heavy atom. The molecule has 0 saturated carbocycles. The van der Waals surface area contributed by atoms with Crippen molar-refractivity contribution in [3.8, 4) is 0 Å². The summed E-state index contributed by atoms with van der Waals surface area (Å²) in [7, 11) is 0. The van der Waals surface area contributed by atoms with E-state index in [1.807, 2.05) is 0 Å². The van der Waals surface area contributed by atoms with Crippen LogP contribution < -0.4 is 0 Å². The molecule has 1 heteroatoms. The zero-order valence-electron chi connectivity index (χ0n) is 6.02. The second-order valence-corrected chi connectivity index (χ2v) is 0.471. The number of allylic oxidation sites excluding steroid dienone is 2. The number of nitrogens with zero attached hydrogens (tertiary/aromatic N) is 1. The molecule has 5 heavy (non-hydrogen) atoms. The predicted octanol–water partition coefficient (Wildman–Crippen LogP) is 1.98. The SMILES string of the molecule is C=CC=C.[H+].[H+].[H+].[N-3]. The van der Waals surface area contributed by atoms with Crippen LogP contribution >= 0.6 is 0 Å². The summed E-state index contributed by atoms with van der Waals surface area (Å²) in [5.41, 5.74) is 0. The Bertz CT molecular complexity index is 32.3. The fourth-order valence-electron chi connectivity index (χ4n) is 0. The van der Waals surface area contributed by atoms with Gasteiger partial charge < -0.3 is 6.15 Å². The minimum absolute atomic E-state index is 0. The molecular formula is C4H9N. The van der Waals surface area contributed by atoms with E-state index in [0.29, 0.717) is 0 Å². The van der Waals surface area contributed by atoms with Crippen molar-refractivity contribution in [1.29, 1.82) is 0 Å². The molecule has 0 aromatic heterocycles. The van der Waals surface area contributed by atoms with Gasteiger partial charge in [-0.05, 0) is 0 Å². The van der Waals surface area contributed by atoms with Gasteiger partial charge in [-0.3, -0.25) is 0 Å². The van der Waals surface area contributed by atoms with Gasteiger partial charge in [0.15, 0.2) is 0 Å². The van der Waals surface area contributed by atoms with Crippen molar-refractivity contribution in [3.05, 3.63) is 31.5 Å². The molecule has 0 bridgehead atoms. The molecule has 0 aliphatic rings. The summed E-state index contributed by atoms with van der Waals surface area (Å²) < 4.78 is 0. The minimum Gasteiger partial charge on any atom is -3.00 e. The maximum Gasteiger partial charge on any atom is 1.00 e. The molecule has 0 atom stereocenters. The fraction of sp³-hybridized carbons (Fsp3) is 0. The van der Waals surface area contributed by atoms with Gasteiger partial charge in [-0.25, -0.2) is 0 Å². The van der Waals surface area contributed by atoms with Crippen LogP contribution in [0.1, 0.15) is 4.28 Å². The van der Waals surface area contributed by atoms with Crippen LogP contribution in [0.5, 0.6) is 0 Å². The molecule has 0 N–H and O–H groups in total. The Labute approximate surface area is 37.0 Å². The molecule has 0 unspecified atom stereocenters. The highest BCUT2D eigenvalue weighted by atomic mass is 14.0. The zero-order chi connectivity index (χ0) is 3.41. The average molecular weight is 71.1 g/mol. The van der Waals surface area contributed by atoms with Crippen molar-refractivity contribution in [2.24, 2.45) is 0 Å². The van der Waals surface area contributed by atoms with E-state index < -0.39 is 0 Å². The summed E-state index contributed by atoms with van der Waals surface area (Å²) in [5, 5.41) is 0. The van der Waals surface area contributed by atoms with E-state index in [9.17, 15) is 0 Å². The number of hydrogen-bond acceptors (Lipinski definition) is 0. The Balaban J connectivity index is -0.00000000750. The van der Waals surface area contributed by atoms with Gasteiger partial charge in [0.25, 0.3) is 0 Å². The monoisotopic (exact) mass is 71.1 g/mol. The van der Waals surface area contributed by atoms with Crippen molar-refractivity contribution in [3.63, 3.8) is 0 Å². The Kier molecular flexibility index (Phi) is 17.4. The van der Waals surface area contributed by atoms with Gasteiger partial charge in [0.1, 0.15) is 0 Å². The molecule has 0 amide bonds. The lowest BCUT2D eigenvalue weighted by Gasteiger charge is -3.00. The van der Waals surface area contributed by atoms with Gasteiger partial charge in [0, 0.05) is 0 Å². The minimum atomic E-state index is 0. The topological polar surface area (TPSA) is 30.5 Å². The molecule has 0 spiro atoms. The molecule has 0 radical (unpaired) electrons. The van der Waals surface area contributed by atoms with E-state index in [0.717, 1.165) is 0 Å². The normalized spacial score (nSPS) is 4.00. The van der Waals surface area contributed by atoms with E-state index in [-0.39, 0.29) is 10.4 Å². The lowest BCUT2D eigenvalue weighted by molar-refractivity contribution is 2.15. The molecule has 30 valence electrons. The number of rotatable bonds is 1. The first-order valence-electron chi connectivity index (χ1n) is 1.15. The number of hydrogen-bond donors (Lipinski definition) is 0. The second-order valence-electron chi connectivity index (χ2n) is 0.471. The Morgan fingerprint density at radius 3 is 1.40 bits per heavy atom. The summed E-state index contributed by atoms with van der Waals surface area (Å²) in [6.07, 6.45) is 3.28. The average Bonchev–Trinajstić information content (AvgIpc) is 1.37. The Morgan fingerprint density at radius 1 is 1.20 bits per heavy atom. The van der Waals surface area contributed by atoms with Gasteiger partial charge in [-0.15, -0.1) is 0 Å². The summed E-state index contributed by atoms with van der Waals surface area (Å²) in [4.78, 5) is 0. The van der Waals surface area contributed by atoms with Crippen LogP contribution in [0, 0.1) is 0 Å². The molecule has 0 rings (SSSR count). The largest absolute Gasteiger partial charge is 3.00 e. The van der Waals surface area contributed by atoms with Crippen LogP contribution in [-0.2, 0) is 0 Å². The summed E-state index contributed by atoms with van der Waals surface area (Å²) in [5.74, 6) is 0. The van der Waals surface area contributed by atoms with E-state index >= 15 is 0 Å². The molecule has 0 aromatic carbocycles. The molecule has 0 heterocycles. The van der Waals surface area contributed by atoms with Gasteiger partial charge in [0.2, 0.25) is 0 Å². The smallest absolute Gasteiger partial charge is 1.00 e. The van der Waals surface area contributed by atoms with Crippen LogP contribution in [0.3, 0.4) is 0 Å². The van der Waals surface area contributed by atoms with Crippen molar-refractivity contribution < 1.29 is 4.28 Å². The molecule has 1 nitrogen and oxygen atoms in total. The summed E-state index contributed by atoms with van der Waals surface area (Å²) in [6.45, 7) is 6.72. The molecule has 0 fully saturated rings. The molecule has 0 aliphatic heterocycles. The maximum atomic E-state index is 3.36. The second kappa shape index (κ2) is 9.88. The van der Waals surface area contributed by atoms with Crippen molar-refractivity contribution in [1.82, 2.24) is 0 Å². The van der Waals surface area contributed by atoms with E-state index in [4.69, 9.17) is 0 Å². The highest BCUT2D eigenvalue weighted by Crippen LogP contribution is 1.52. The van der Waals surface area contributed by atoms with Gasteiger partial charge in [-0.2, -0.15) is 0 Å². The van der Waals surface area contributed by atoms with Crippen LogP contribution in [0.15, 0.2) is 25.3 Å². The van der Waals surface area contributed by atoms with Crippen LogP contribution in [0.2, 0.25) is 0 Å². The van der Waals surface area contributed by atoms with E-state index in [1.54, 1.807) is 12.2 Å². The van der Waals surface area contributed by atoms with Crippen LogP contribution in [0.4, 0.5) is 0 Å². The Hall–Kier alpha value is -0.560. The molecular weight excluding hydrogens is 62.1 g/mol. The van der Waals surface area contributed by atoms with Crippen molar-refractivity contribution in [2.75, 3.05) is 0 Å².